The Bertz CT molecular complexity index is 1010. The van der Waals surface area contributed by atoms with E-state index in [2.05, 4.69) is 44.4 Å². The molecule has 0 bridgehead atoms. The summed E-state index contributed by atoms with van der Waals surface area (Å²) < 4.78 is 8.95. The minimum atomic E-state index is -0.199. The van der Waals surface area contributed by atoms with Gasteiger partial charge in [0.1, 0.15) is 17.5 Å². The first-order valence-corrected chi connectivity index (χ1v) is 8.82. The molecule has 0 fully saturated rings. The lowest BCUT2D eigenvalue weighted by atomic mass is 10.1. The van der Waals surface area contributed by atoms with Crippen LogP contribution in [0.5, 0.6) is 5.75 Å². The molecule has 5 heteroatoms. The molecule has 0 radical (unpaired) electrons. The summed E-state index contributed by atoms with van der Waals surface area (Å²) in [6.07, 6.45) is 1.70. The largest absolute Gasteiger partial charge is 0.484 e. The van der Waals surface area contributed by atoms with Crippen LogP contribution in [0.3, 0.4) is 0 Å². The Kier molecular flexibility index (Phi) is 4.24. The molecule has 0 saturated carbocycles. The highest BCUT2D eigenvalue weighted by atomic mass is 79.9. The van der Waals surface area contributed by atoms with Gasteiger partial charge in [0.2, 0.25) is 0 Å². The topological polar surface area (TPSA) is 39.9 Å². The van der Waals surface area contributed by atoms with Crippen LogP contribution in [0, 0.1) is 0 Å². The Morgan fingerprint density at radius 1 is 0.960 bits per heavy atom. The zero-order chi connectivity index (χ0) is 17.2. The SMILES string of the molecule is CC(Oc1cccc2ccccc12)c1cn(-c2ccc(Br)cc2)nn1. The van der Waals surface area contributed by atoms with Crippen molar-refractivity contribution in [1.29, 1.82) is 0 Å². The van der Waals surface area contributed by atoms with Crippen molar-refractivity contribution < 1.29 is 4.74 Å². The van der Waals surface area contributed by atoms with Crippen molar-refractivity contribution in [3.63, 3.8) is 0 Å². The molecule has 0 spiro atoms. The van der Waals surface area contributed by atoms with Crippen LogP contribution in [-0.4, -0.2) is 15.0 Å². The second kappa shape index (κ2) is 6.69. The van der Waals surface area contributed by atoms with Gasteiger partial charge in [0.15, 0.2) is 0 Å². The van der Waals surface area contributed by atoms with E-state index in [0.717, 1.165) is 32.4 Å². The van der Waals surface area contributed by atoms with Crippen LogP contribution >= 0.6 is 15.9 Å². The van der Waals surface area contributed by atoms with Crippen LogP contribution in [0.25, 0.3) is 16.5 Å². The third-order valence-corrected chi connectivity index (χ3v) is 4.60. The summed E-state index contributed by atoms with van der Waals surface area (Å²) in [5, 5.41) is 10.7. The van der Waals surface area contributed by atoms with E-state index in [1.165, 1.54) is 0 Å². The van der Waals surface area contributed by atoms with E-state index in [9.17, 15) is 0 Å². The Morgan fingerprint density at radius 3 is 2.56 bits per heavy atom. The highest BCUT2D eigenvalue weighted by molar-refractivity contribution is 9.10. The number of aromatic nitrogens is 3. The van der Waals surface area contributed by atoms with E-state index in [-0.39, 0.29) is 6.10 Å². The van der Waals surface area contributed by atoms with Crippen molar-refractivity contribution in [3.8, 4) is 11.4 Å². The van der Waals surface area contributed by atoms with Crippen LogP contribution in [0.4, 0.5) is 0 Å². The quantitative estimate of drug-likeness (QED) is 0.470. The first-order chi connectivity index (χ1) is 12.2. The van der Waals surface area contributed by atoms with Gasteiger partial charge < -0.3 is 4.74 Å². The Balaban J connectivity index is 1.59. The molecule has 0 aliphatic carbocycles. The van der Waals surface area contributed by atoms with Crippen LogP contribution in [0.15, 0.2) is 77.4 Å². The Morgan fingerprint density at radius 2 is 1.72 bits per heavy atom. The molecule has 0 aliphatic heterocycles. The molecule has 4 rings (SSSR count). The van der Waals surface area contributed by atoms with Gasteiger partial charge in [0.25, 0.3) is 0 Å². The second-order valence-electron chi connectivity index (χ2n) is 5.80. The second-order valence-corrected chi connectivity index (χ2v) is 6.72. The van der Waals surface area contributed by atoms with Crippen LogP contribution in [0.2, 0.25) is 0 Å². The van der Waals surface area contributed by atoms with Crippen LogP contribution < -0.4 is 4.74 Å². The van der Waals surface area contributed by atoms with Crippen molar-refractivity contribution in [3.05, 3.63) is 83.1 Å². The lowest BCUT2D eigenvalue weighted by Gasteiger charge is -2.14. The average Bonchev–Trinajstić information content (AvgIpc) is 3.13. The average molecular weight is 394 g/mol. The summed E-state index contributed by atoms with van der Waals surface area (Å²) in [5.41, 5.74) is 1.75. The predicted molar refractivity (Wildman–Crippen MR) is 102 cm³/mol. The van der Waals surface area contributed by atoms with Gasteiger partial charge in [-0.25, -0.2) is 4.68 Å². The zero-order valence-electron chi connectivity index (χ0n) is 13.6. The molecule has 1 heterocycles. The molecule has 0 amide bonds. The van der Waals surface area contributed by atoms with Crippen molar-refractivity contribution in [2.24, 2.45) is 0 Å². The van der Waals surface area contributed by atoms with Gasteiger partial charge in [-0.3, -0.25) is 0 Å². The van der Waals surface area contributed by atoms with E-state index in [1.807, 2.05) is 61.7 Å². The van der Waals surface area contributed by atoms with Gasteiger partial charge in [0, 0.05) is 9.86 Å². The molecule has 1 atom stereocenters. The molecule has 4 aromatic rings. The normalized spacial score (nSPS) is 12.2. The number of rotatable bonds is 4. The van der Waals surface area contributed by atoms with Gasteiger partial charge in [-0.2, -0.15) is 0 Å². The van der Waals surface area contributed by atoms with Crippen LogP contribution in [-0.2, 0) is 0 Å². The maximum absolute atomic E-state index is 6.16. The molecule has 3 aromatic carbocycles. The molecule has 1 unspecified atom stereocenters. The minimum Gasteiger partial charge on any atom is -0.484 e. The highest BCUT2D eigenvalue weighted by Gasteiger charge is 2.14. The fourth-order valence-electron chi connectivity index (χ4n) is 2.73. The number of hydrogen-bond acceptors (Lipinski definition) is 3. The fraction of sp³-hybridized carbons (Fsp3) is 0.100. The Hall–Kier alpha value is -2.66. The lowest BCUT2D eigenvalue weighted by molar-refractivity contribution is 0.224. The smallest absolute Gasteiger partial charge is 0.141 e. The summed E-state index contributed by atoms with van der Waals surface area (Å²) in [6, 6.07) is 22.2. The molecule has 4 nitrogen and oxygen atoms in total. The molecular formula is C20H16BrN3O. The predicted octanol–water partition coefficient (Wildman–Crippen LogP) is 5.32. The molecule has 0 aliphatic rings. The van der Waals surface area contributed by atoms with Crippen molar-refractivity contribution >= 4 is 26.7 Å². The van der Waals surface area contributed by atoms with E-state index in [0.29, 0.717) is 0 Å². The molecular weight excluding hydrogens is 378 g/mol. The third kappa shape index (κ3) is 3.28. The molecule has 1 aromatic heterocycles. The summed E-state index contributed by atoms with van der Waals surface area (Å²) in [7, 11) is 0. The summed E-state index contributed by atoms with van der Waals surface area (Å²) in [5.74, 6) is 0.851. The highest BCUT2D eigenvalue weighted by Crippen LogP contribution is 2.29. The zero-order valence-corrected chi connectivity index (χ0v) is 15.2. The number of fused-ring (bicyclic) bond motifs is 1. The fourth-order valence-corrected chi connectivity index (χ4v) is 3.00. The molecule has 0 saturated heterocycles. The Labute approximate surface area is 154 Å². The van der Waals surface area contributed by atoms with Gasteiger partial charge in [0.05, 0.1) is 11.9 Å². The third-order valence-electron chi connectivity index (χ3n) is 4.07. The summed E-state index contributed by atoms with van der Waals surface area (Å²) in [6.45, 7) is 1.98. The van der Waals surface area contributed by atoms with E-state index in [4.69, 9.17) is 4.74 Å². The molecule has 25 heavy (non-hydrogen) atoms. The van der Waals surface area contributed by atoms with Crippen molar-refractivity contribution in [2.45, 2.75) is 13.0 Å². The molecule has 124 valence electrons. The number of ether oxygens (including phenoxy) is 1. The summed E-state index contributed by atoms with van der Waals surface area (Å²) in [4.78, 5) is 0. The number of nitrogens with zero attached hydrogens (tertiary/aromatic N) is 3. The van der Waals surface area contributed by atoms with Crippen LogP contribution in [0.1, 0.15) is 18.7 Å². The molecule has 0 N–H and O–H groups in total. The van der Waals surface area contributed by atoms with Gasteiger partial charge in [-0.15, -0.1) is 5.10 Å². The van der Waals surface area contributed by atoms with Crippen molar-refractivity contribution in [1.82, 2.24) is 15.0 Å². The lowest BCUT2D eigenvalue weighted by Crippen LogP contribution is -2.04. The standard InChI is InChI=1S/C20H16BrN3O/c1-14(25-20-8-4-6-15-5-2-3-7-18(15)20)19-13-24(23-22-19)17-11-9-16(21)10-12-17/h2-14H,1H3. The first-order valence-electron chi connectivity index (χ1n) is 8.03. The van der Waals surface area contributed by atoms with E-state index < -0.39 is 0 Å². The maximum atomic E-state index is 6.16. The summed E-state index contributed by atoms with van der Waals surface area (Å²) >= 11 is 3.44. The van der Waals surface area contributed by atoms with Gasteiger partial charge in [-0.05, 0) is 42.6 Å². The number of hydrogen-bond donors (Lipinski definition) is 0. The van der Waals surface area contributed by atoms with Gasteiger partial charge in [-0.1, -0.05) is 57.5 Å². The maximum Gasteiger partial charge on any atom is 0.141 e. The van der Waals surface area contributed by atoms with E-state index >= 15 is 0 Å². The minimum absolute atomic E-state index is 0.199. The van der Waals surface area contributed by atoms with Gasteiger partial charge >= 0.3 is 0 Å². The number of halogens is 1. The van der Waals surface area contributed by atoms with E-state index in [1.54, 1.807) is 4.68 Å². The van der Waals surface area contributed by atoms with Crippen molar-refractivity contribution in [2.75, 3.05) is 0 Å². The number of benzene rings is 3. The monoisotopic (exact) mass is 393 g/mol. The first kappa shape index (κ1) is 15.8.